The van der Waals surface area contributed by atoms with Crippen molar-refractivity contribution >= 4 is 39.4 Å². The zero-order chi connectivity index (χ0) is 32.9. The van der Waals surface area contributed by atoms with Crippen molar-refractivity contribution in [1.29, 1.82) is 0 Å². The van der Waals surface area contributed by atoms with Crippen molar-refractivity contribution in [3.8, 4) is 11.7 Å². The standard InChI is InChI=1S/C30H40F3GeN5O4S/c1-20-17-29(4,5)38(18-20)26-23(27(40)37-44(41,42)22-11-9-21(10-12-22)34(6,7)8)13-14-24(35-26)39-16-15-25(36-39)43-19-28(2,3)30(31,32)33/h9-16,20H,17-19H2,1-8H3,(H,37,40)/t20-/m0/s1. The Bertz CT molecular complexity index is 1630. The van der Waals surface area contributed by atoms with E-state index in [-0.39, 0.29) is 33.9 Å². The van der Waals surface area contributed by atoms with Gasteiger partial charge in [-0.2, -0.15) is 13.2 Å². The molecule has 3 heterocycles. The van der Waals surface area contributed by atoms with E-state index < -0.39 is 52.9 Å². The average Bonchev–Trinajstić information content (AvgIpc) is 3.48. The van der Waals surface area contributed by atoms with Gasteiger partial charge < -0.3 is 4.74 Å². The molecule has 44 heavy (non-hydrogen) atoms. The molecule has 0 saturated carbocycles. The summed E-state index contributed by atoms with van der Waals surface area (Å²) in [4.78, 5) is 20.2. The zero-order valence-electron chi connectivity index (χ0n) is 26.3. The minimum absolute atomic E-state index is 0.0136. The number of carbonyl (C=O) groups excluding carboxylic acids is 1. The van der Waals surface area contributed by atoms with Gasteiger partial charge in [0.15, 0.2) is 0 Å². The molecule has 0 radical (unpaired) electrons. The predicted octanol–water partition coefficient (Wildman–Crippen LogP) is 5.52. The fraction of sp³-hybridized carbons (Fsp3) is 0.500. The first-order valence-corrected chi connectivity index (χ1v) is 23.2. The molecule has 1 aliphatic rings. The number of rotatable bonds is 9. The number of nitrogens with zero attached hydrogens (tertiary/aromatic N) is 4. The van der Waals surface area contributed by atoms with E-state index in [1.165, 1.54) is 41.2 Å². The molecular weight excluding hydrogens is 656 g/mol. The number of pyridine rings is 1. The second-order valence-corrected chi connectivity index (χ2v) is 26.1. The van der Waals surface area contributed by atoms with Crippen LogP contribution in [0.5, 0.6) is 5.88 Å². The zero-order valence-corrected chi connectivity index (χ0v) is 29.2. The molecule has 1 amide bonds. The van der Waals surface area contributed by atoms with Gasteiger partial charge in [-0.1, -0.05) is 6.92 Å². The van der Waals surface area contributed by atoms with Crippen molar-refractivity contribution in [1.82, 2.24) is 19.5 Å². The third-order valence-corrected chi connectivity index (χ3v) is 13.5. The predicted molar refractivity (Wildman–Crippen MR) is 166 cm³/mol. The molecule has 1 N–H and O–H groups in total. The number of hydrogen-bond donors (Lipinski definition) is 1. The summed E-state index contributed by atoms with van der Waals surface area (Å²) in [5, 5.41) is 4.24. The van der Waals surface area contributed by atoms with Crippen LogP contribution in [0.15, 0.2) is 53.6 Å². The molecule has 1 fully saturated rings. The molecule has 240 valence electrons. The molecule has 0 spiro atoms. The third-order valence-electron chi connectivity index (χ3n) is 7.84. The Kier molecular flexibility index (Phi) is 8.99. The van der Waals surface area contributed by atoms with Gasteiger partial charge in [0.2, 0.25) is 5.88 Å². The summed E-state index contributed by atoms with van der Waals surface area (Å²) in [6, 6.07) is 11.1. The van der Waals surface area contributed by atoms with Gasteiger partial charge in [0.1, 0.15) is 6.61 Å². The van der Waals surface area contributed by atoms with E-state index >= 15 is 0 Å². The van der Waals surface area contributed by atoms with Crippen LogP contribution in [0.1, 0.15) is 51.4 Å². The Morgan fingerprint density at radius 2 is 1.73 bits per heavy atom. The van der Waals surface area contributed by atoms with Crippen molar-refractivity contribution in [2.24, 2.45) is 11.3 Å². The van der Waals surface area contributed by atoms with E-state index in [0.29, 0.717) is 6.54 Å². The van der Waals surface area contributed by atoms with Gasteiger partial charge >= 0.3 is 186 Å². The first kappa shape index (κ1) is 33.8. The van der Waals surface area contributed by atoms with Crippen molar-refractivity contribution in [3.63, 3.8) is 0 Å². The van der Waals surface area contributed by atoms with Crippen molar-refractivity contribution < 1.29 is 31.1 Å². The van der Waals surface area contributed by atoms with Crippen LogP contribution in [0.3, 0.4) is 0 Å². The van der Waals surface area contributed by atoms with Crippen LogP contribution in [-0.2, 0) is 10.0 Å². The van der Waals surface area contributed by atoms with Crippen molar-refractivity contribution in [2.45, 2.75) is 74.9 Å². The Hall–Kier alpha value is -3.07. The Morgan fingerprint density at radius 1 is 1.09 bits per heavy atom. The van der Waals surface area contributed by atoms with E-state index in [1.807, 2.05) is 18.7 Å². The van der Waals surface area contributed by atoms with Gasteiger partial charge in [-0.3, -0.25) is 0 Å². The summed E-state index contributed by atoms with van der Waals surface area (Å²) in [5.41, 5.74) is -2.41. The number of halogens is 3. The van der Waals surface area contributed by atoms with Gasteiger partial charge in [-0.15, -0.1) is 5.10 Å². The van der Waals surface area contributed by atoms with E-state index in [2.05, 4.69) is 34.0 Å². The Morgan fingerprint density at radius 3 is 2.27 bits per heavy atom. The van der Waals surface area contributed by atoms with E-state index in [1.54, 1.807) is 12.1 Å². The van der Waals surface area contributed by atoms with Crippen molar-refractivity contribution in [3.05, 3.63) is 54.2 Å². The maximum atomic E-state index is 13.6. The van der Waals surface area contributed by atoms with Crippen LogP contribution >= 0.6 is 0 Å². The molecule has 9 nitrogen and oxygen atoms in total. The number of hydrogen-bond acceptors (Lipinski definition) is 7. The van der Waals surface area contributed by atoms with Crippen LogP contribution in [-0.4, -0.2) is 67.2 Å². The summed E-state index contributed by atoms with van der Waals surface area (Å²) in [5.74, 6) is 6.60. The third kappa shape index (κ3) is 7.25. The fourth-order valence-electron chi connectivity index (χ4n) is 5.13. The Balaban J connectivity index is 1.66. The van der Waals surface area contributed by atoms with Gasteiger partial charge in [0, 0.05) is 12.3 Å². The number of sulfonamides is 1. The van der Waals surface area contributed by atoms with Crippen LogP contribution in [0, 0.1) is 11.3 Å². The molecule has 1 aliphatic heterocycles. The van der Waals surface area contributed by atoms with Crippen LogP contribution in [0.4, 0.5) is 19.0 Å². The monoisotopic (exact) mass is 697 g/mol. The summed E-state index contributed by atoms with van der Waals surface area (Å²) in [6.45, 7) is 8.17. The van der Waals surface area contributed by atoms with E-state index in [0.717, 1.165) is 24.7 Å². The molecule has 0 bridgehead atoms. The fourth-order valence-corrected chi connectivity index (χ4v) is 8.54. The summed E-state index contributed by atoms with van der Waals surface area (Å²) in [6.07, 6.45) is -2.14. The molecule has 4 rings (SSSR count). The number of anilines is 1. The number of benzene rings is 1. The molecule has 1 saturated heterocycles. The normalized spacial score (nSPS) is 17.5. The van der Waals surface area contributed by atoms with E-state index in [9.17, 15) is 26.4 Å². The van der Waals surface area contributed by atoms with Gasteiger partial charge in [0.05, 0.1) is 5.41 Å². The number of alkyl halides is 3. The number of carbonyl (C=O) groups is 1. The van der Waals surface area contributed by atoms with E-state index in [4.69, 9.17) is 9.72 Å². The SMILES string of the molecule is C[C@@H]1CN(c2nc(-n3ccc(OCC(C)(C)C(F)(F)F)n3)ccc2C(=O)NS(=O)(=O)c2cc[c]([Ge]([CH3])([CH3])[CH3])cc2)C(C)(C)C1. The molecule has 2 aromatic heterocycles. The molecule has 1 aromatic carbocycles. The summed E-state index contributed by atoms with van der Waals surface area (Å²) in [7, 11) is -4.18. The topological polar surface area (TPSA) is 106 Å². The van der Waals surface area contributed by atoms with Crippen LogP contribution in [0.2, 0.25) is 17.3 Å². The van der Waals surface area contributed by atoms with Crippen LogP contribution < -0.4 is 18.8 Å². The quantitative estimate of drug-likeness (QED) is 0.294. The van der Waals surface area contributed by atoms with Gasteiger partial charge in [0.25, 0.3) is 0 Å². The minimum atomic E-state index is -4.45. The molecule has 0 unspecified atom stereocenters. The number of aromatic nitrogens is 3. The second kappa shape index (κ2) is 11.7. The molecule has 0 aliphatic carbocycles. The number of ether oxygens (including phenoxy) is 1. The average molecular weight is 696 g/mol. The molecule has 1 atom stereocenters. The van der Waals surface area contributed by atoms with Crippen molar-refractivity contribution in [2.75, 3.05) is 18.1 Å². The summed E-state index contributed by atoms with van der Waals surface area (Å²) < 4.78 is 76.3. The maximum absolute atomic E-state index is 13.6. The van der Waals surface area contributed by atoms with Gasteiger partial charge in [-0.05, 0) is 13.8 Å². The molecule has 3 aromatic rings. The summed E-state index contributed by atoms with van der Waals surface area (Å²) >= 11 is -2.17. The first-order valence-electron chi connectivity index (χ1n) is 14.3. The second-order valence-electron chi connectivity index (χ2n) is 13.8. The first-order chi connectivity index (χ1) is 20.1. The van der Waals surface area contributed by atoms with Gasteiger partial charge in [-0.25, -0.2) is 0 Å². The number of amides is 1. The molecular formula is C30H40F3GeN5O4S. The number of nitrogens with one attached hydrogen (secondary N) is 1. The van der Waals surface area contributed by atoms with Crippen LogP contribution in [0.25, 0.3) is 5.82 Å². The molecule has 14 heteroatoms. The Labute approximate surface area is 259 Å².